The molecule has 0 spiro atoms. The Morgan fingerprint density at radius 2 is 1.07 bits per heavy atom. The van der Waals surface area contributed by atoms with Gasteiger partial charge in [0.2, 0.25) is 5.52 Å². The Balaban J connectivity index is 0.000000361. The molecule has 9 rings (SSSR count). The number of aliphatic hydroxyl groups excluding tert-OH is 2. The zero-order valence-electron chi connectivity index (χ0n) is 51.4. The molecule has 16 nitrogen and oxygen atoms in total. The first-order valence-electron chi connectivity index (χ1n) is 28.3. The lowest BCUT2D eigenvalue weighted by atomic mass is 10.1. The lowest BCUT2D eigenvalue weighted by molar-refractivity contribution is -0.669. The Bertz CT molecular complexity index is 3350. The summed E-state index contributed by atoms with van der Waals surface area (Å²) in [6, 6.07) is 31.8. The molecule has 4 aromatic heterocycles. The van der Waals surface area contributed by atoms with Crippen molar-refractivity contribution < 1.29 is 75.4 Å². The number of allylic oxidation sites excluding steroid dienone is 2. The zero-order chi connectivity index (χ0) is 64.3. The van der Waals surface area contributed by atoms with Gasteiger partial charge < -0.3 is 46.9 Å². The molecular weight excluding hydrogens is 1360 g/mol. The SMILES string of the molecule is C(=C\C1OCCO1)/c1nc2ccccc2s1.CC(C)(C)N=CC([Si](C)(C)C)[Si](C)(C)C.O=C(O)CCCCBr.O=C/C=C/c1nc2ccccc2s1.O=C/C=C/c1sc2ccccc2[n+]1CCCCC(=O)O.O=Cc1nc2ccccc2s1.OCCO.[Br-]. The van der Waals surface area contributed by atoms with E-state index in [1.165, 1.54) is 28.2 Å². The fraction of sp³-hybridized carbons (Fsp3) is 0.375. The highest BCUT2D eigenvalue weighted by molar-refractivity contribution is 9.09. The third kappa shape index (κ3) is 31.3. The minimum absolute atomic E-state index is 0. The van der Waals surface area contributed by atoms with Crippen molar-refractivity contribution in [3.05, 3.63) is 135 Å². The number of nitrogens with zero attached hydrogens (tertiary/aromatic N) is 5. The number of aryl methyl sites for hydroxylation is 1. The molecule has 4 aromatic carbocycles. The van der Waals surface area contributed by atoms with Gasteiger partial charge in [-0.2, -0.15) is 4.57 Å². The first-order valence-corrected chi connectivity index (χ1v) is 39.9. The van der Waals surface area contributed by atoms with E-state index in [9.17, 15) is 24.0 Å². The predicted molar refractivity (Wildman–Crippen MR) is 371 cm³/mol. The van der Waals surface area contributed by atoms with Crippen LogP contribution in [-0.2, 0) is 35.2 Å². The monoisotopic (exact) mass is 1440 g/mol. The van der Waals surface area contributed by atoms with Crippen LogP contribution in [0.15, 0.2) is 120 Å². The second-order valence-corrected chi connectivity index (χ2v) is 38.5. The number of hydrogen-bond acceptors (Lipinski definition) is 17. The molecule has 0 atom stereocenters. The van der Waals surface area contributed by atoms with Gasteiger partial charge in [0.25, 0.3) is 5.01 Å². The number of alkyl halides is 1. The largest absolute Gasteiger partial charge is 1.00 e. The van der Waals surface area contributed by atoms with Gasteiger partial charge in [-0.25, -0.2) is 15.0 Å². The van der Waals surface area contributed by atoms with Gasteiger partial charge in [-0.15, -0.1) is 34.0 Å². The summed E-state index contributed by atoms with van der Waals surface area (Å²) in [6.45, 7) is 23.2. The van der Waals surface area contributed by atoms with Gasteiger partial charge in [0.15, 0.2) is 24.1 Å². The van der Waals surface area contributed by atoms with Gasteiger partial charge in [-0.05, 0) is 124 Å². The van der Waals surface area contributed by atoms with Gasteiger partial charge in [0.1, 0.15) is 27.3 Å². The summed E-state index contributed by atoms with van der Waals surface area (Å²) in [7, 11) is -2.22. The van der Waals surface area contributed by atoms with Crippen molar-refractivity contribution in [3.8, 4) is 0 Å². The second kappa shape index (κ2) is 42.5. The Labute approximate surface area is 553 Å². The van der Waals surface area contributed by atoms with Crippen molar-refractivity contribution in [1.29, 1.82) is 0 Å². The number of aliphatic carboxylic acids is 2. The average Bonchev–Trinajstić information content (AvgIpc) is 2.03. The van der Waals surface area contributed by atoms with Crippen LogP contribution in [0.2, 0.25) is 44.4 Å². The highest BCUT2D eigenvalue weighted by Crippen LogP contribution is 2.31. The molecule has 0 bridgehead atoms. The summed E-state index contributed by atoms with van der Waals surface area (Å²) in [4.78, 5) is 68.9. The van der Waals surface area contributed by atoms with Gasteiger partial charge in [-0.1, -0.05) is 115 Å². The molecule has 0 amide bonds. The molecule has 476 valence electrons. The van der Waals surface area contributed by atoms with E-state index in [-0.39, 0.29) is 48.4 Å². The highest BCUT2D eigenvalue weighted by Gasteiger charge is 2.36. The number of benzene rings is 4. The summed E-state index contributed by atoms with van der Waals surface area (Å²) < 4.78 is 17.4. The number of aliphatic imine (C=N–C) groups is 1. The molecule has 0 radical (unpaired) electrons. The van der Waals surface area contributed by atoms with E-state index in [0.717, 1.165) is 106 Å². The van der Waals surface area contributed by atoms with E-state index in [1.807, 2.05) is 103 Å². The van der Waals surface area contributed by atoms with Crippen molar-refractivity contribution in [3.63, 3.8) is 0 Å². The first kappa shape index (κ1) is 78.6. The number of unbranched alkanes of at least 4 members (excludes halogenated alkanes) is 2. The maximum absolute atomic E-state index is 10.5. The van der Waals surface area contributed by atoms with E-state index < -0.39 is 28.1 Å². The van der Waals surface area contributed by atoms with Crippen molar-refractivity contribution in [2.24, 2.45) is 4.99 Å². The molecule has 0 unspecified atom stereocenters. The lowest BCUT2D eigenvalue weighted by Gasteiger charge is -2.36. The molecule has 0 aliphatic carbocycles. The van der Waals surface area contributed by atoms with Crippen LogP contribution in [0, 0.1) is 0 Å². The maximum Gasteiger partial charge on any atom is 0.303 e. The van der Waals surface area contributed by atoms with Crippen molar-refractivity contribution >= 4 is 174 Å². The molecule has 1 saturated heterocycles. The van der Waals surface area contributed by atoms with E-state index in [0.29, 0.717) is 31.1 Å². The van der Waals surface area contributed by atoms with Crippen molar-refractivity contribution in [1.82, 2.24) is 15.0 Å². The molecule has 24 heteroatoms. The number of rotatable bonds is 20. The standard InChI is InChI=1S/C15H15NO3S.C12H11NO2S.C12H29NSi2.C10H7NOS.C8H5NOS.C5H9BrO2.C2H6O2.BrH/c17-11-5-8-14-16(10-4-3-9-15(18)19)12-6-1-2-7-13(12)20-14;1-2-4-10-9(3-1)13-11(16-10)5-6-12-14-7-8-15-12;1-12(2,3)13-10-11(14(4,5)6)15(7,8)9;12-7-3-6-10-11-8-4-1-2-5-9(8)13-10;10-5-8-9-6-3-1-2-4-7(6)11-8;6-4-2-1-3-5(7)8;3-1-2-4;/h1-2,5-8,11H,3-4,9-10H2;1-6,12H,7-8H2;10-11H,1-9H3;1-7H;1-5H;1-4H2,(H,7,8);3-4H,1-2H2;1H/b8-5+;6-5+;;6-3+;;;;. The van der Waals surface area contributed by atoms with Crippen LogP contribution < -0.4 is 21.5 Å². The lowest BCUT2D eigenvalue weighted by Crippen LogP contribution is -3.00. The van der Waals surface area contributed by atoms with Crippen LogP contribution in [-0.4, -0.2) is 132 Å². The molecule has 8 aromatic rings. The first-order chi connectivity index (χ1) is 41.5. The maximum atomic E-state index is 10.5. The fourth-order valence-electron chi connectivity index (χ4n) is 8.12. The van der Waals surface area contributed by atoms with Crippen LogP contribution in [0.5, 0.6) is 0 Å². The Kier molecular flexibility index (Phi) is 38.0. The average molecular weight is 1440 g/mol. The Hall–Kier alpha value is -5.49. The quantitative estimate of drug-likeness (QED) is 0.0106. The summed E-state index contributed by atoms with van der Waals surface area (Å²) in [5, 5.41) is 37.1. The van der Waals surface area contributed by atoms with Gasteiger partial charge in [-0.3, -0.25) is 29.0 Å². The molecule has 5 heterocycles. The minimum Gasteiger partial charge on any atom is -1.00 e. The third-order valence-electron chi connectivity index (χ3n) is 11.7. The Morgan fingerprint density at radius 1 is 0.636 bits per heavy atom. The summed E-state index contributed by atoms with van der Waals surface area (Å²) >= 11 is 9.51. The number of hydrogen-bond donors (Lipinski definition) is 4. The van der Waals surface area contributed by atoms with Crippen molar-refractivity contribution in [2.45, 2.75) is 122 Å². The number of para-hydroxylation sites is 4. The van der Waals surface area contributed by atoms with E-state index in [2.05, 4.69) is 108 Å². The van der Waals surface area contributed by atoms with E-state index in [4.69, 9.17) is 34.9 Å². The smallest absolute Gasteiger partial charge is 0.303 e. The van der Waals surface area contributed by atoms with E-state index >= 15 is 0 Å². The van der Waals surface area contributed by atoms with Crippen LogP contribution in [0.1, 0.15) is 84.1 Å². The molecule has 1 aliphatic heterocycles. The van der Waals surface area contributed by atoms with E-state index in [1.54, 1.807) is 46.2 Å². The number of aldehydes is 3. The number of fused-ring (bicyclic) bond motifs is 4. The normalized spacial score (nSPS) is 12.5. The van der Waals surface area contributed by atoms with Crippen LogP contribution >= 0.6 is 61.3 Å². The number of carboxylic acid groups (broad SMARTS) is 2. The number of halogens is 2. The topological polar surface area (TPSA) is 240 Å². The molecule has 4 N–H and O–H groups in total. The number of carbonyl (C=O) groups excluding carboxylic acids is 3. The van der Waals surface area contributed by atoms with Crippen LogP contribution in [0.25, 0.3) is 59.1 Å². The second-order valence-electron chi connectivity index (χ2n) is 22.2. The third-order valence-corrected chi connectivity index (χ3v) is 25.6. The molecule has 1 fully saturated rings. The van der Waals surface area contributed by atoms with Crippen LogP contribution in [0.3, 0.4) is 0 Å². The molecule has 1 aliphatic rings. The number of ether oxygens (including phenoxy) is 2. The van der Waals surface area contributed by atoms with Gasteiger partial charge in [0, 0.05) is 36.7 Å². The zero-order valence-corrected chi connectivity index (χ0v) is 59.9. The fourth-order valence-corrected chi connectivity index (χ4v) is 23.6. The summed E-state index contributed by atoms with van der Waals surface area (Å²) in [5.74, 6) is -1.46. The summed E-state index contributed by atoms with van der Waals surface area (Å²) in [5.41, 5.74) is 4.13. The number of carboxylic acids is 2. The minimum atomic E-state index is -1.11. The van der Waals surface area contributed by atoms with Crippen LogP contribution in [0.4, 0.5) is 0 Å². The molecule has 0 saturated carbocycles. The summed E-state index contributed by atoms with van der Waals surface area (Å²) in [6.07, 6.45) is 18.4. The number of aromatic nitrogens is 4. The number of carbonyl (C=O) groups is 5. The molecular formula is C64H83Br2N5O11S4Si2. The number of thiazole rings is 4. The van der Waals surface area contributed by atoms with Gasteiger partial charge in [0.05, 0.1) is 78.8 Å². The highest BCUT2D eigenvalue weighted by atomic mass is 79.9. The predicted octanol–water partition coefficient (Wildman–Crippen LogP) is 12.0. The number of aliphatic hydroxyl groups is 2. The van der Waals surface area contributed by atoms with Crippen molar-refractivity contribution in [2.75, 3.05) is 31.8 Å². The van der Waals surface area contributed by atoms with Gasteiger partial charge >= 0.3 is 11.9 Å². The Morgan fingerprint density at radius 3 is 1.50 bits per heavy atom. The molecule has 88 heavy (non-hydrogen) atoms.